The minimum atomic E-state index is -4.88. The number of benzene rings is 2. The van der Waals surface area contributed by atoms with Crippen LogP contribution < -0.4 is 15.4 Å². The number of carbonyl (C=O) groups is 1. The van der Waals surface area contributed by atoms with Gasteiger partial charge in [0, 0.05) is 18.2 Å². The molecule has 0 bridgehead atoms. The third-order valence-electron chi connectivity index (χ3n) is 5.11. The molecule has 1 aliphatic rings. The lowest BCUT2D eigenvalue weighted by Gasteiger charge is -2.33. The molecule has 0 spiro atoms. The van der Waals surface area contributed by atoms with Crippen LogP contribution in [0, 0.1) is 0 Å². The molecule has 0 fully saturated rings. The van der Waals surface area contributed by atoms with Crippen LogP contribution in [-0.4, -0.2) is 28.2 Å². The van der Waals surface area contributed by atoms with E-state index in [2.05, 4.69) is 20.5 Å². The van der Waals surface area contributed by atoms with Crippen LogP contribution in [-0.2, 0) is 0 Å². The molecule has 0 radical (unpaired) electrons. The molecule has 2 heterocycles. The van der Waals surface area contributed by atoms with Crippen molar-refractivity contribution in [1.82, 2.24) is 9.78 Å². The standard InChI is InChI=1S/C21H14Cl2F6N4O2/c22-13-6-1-10(7-14(13)23)15-8-17(20(24,25)26)33-18(31-15)9-16(32-33)19(34)30-11-2-4-12(5-3-11)35-21(27,28)29/h1-7,9,15,17,31H,8H2,(H,30,34)/t15-,17-/m0/s1. The molecule has 14 heteroatoms. The number of hydrogen-bond acceptors (Lipinski definition) is 4. The van der Waals surface area contributed by atoms with Gasteiger partial charge in [0.15, 0.2) is 11.7 Å². The third kappa shape index (κ3) is 5.76. The van der Waals surface area contributed by atoms with Crippen molar-refractivity contribution in [2.24, 2.45) is 0 Å². The molecular formula is C21H14Cl2F6N4O2. The number of fused-ring (bicyclic) bond motifs is 1. The van der Waals surface area contributed by atoms with Crippen molar-refractivity contribution in [3.05, 3.63) is 69.8 Å². The van der Waals surface area contributed by atoms with Gasteiger partial charge in [-0.25, -0.2) is 4.68 Å². The lowest BCUT2D eigenvalue weighted by Crippen LogP contribution is -2.35. The number of amides is 1. The van der Waals surface area contributed by atoms with Crippen molar-refractivity contribution in [3.8, 4) is 5.75 Å². The molecule has 6 nitrogen and oxygen atoms in total. The van der Waals surface area contributed by atoms with Crippen molar-refractivity contribution in [2.75, 3.05) is 10.6 Å². The smallest absolute Gasteiger partial charge is 0.406 e. The topological polar surface area (TPSA) is 68.2 Å². The summed E-state index contributed by atoms with van der Waals surface area (Å²) in [5.41, 5.74) is 0.227. The van der Waals surface area contributed by atoms with Crippen LogP contribution in [0.4, 0.5) is 37.8 Å². The van der Waals surface area contributed by atoms with E-state index >= 15 is 0 Å². The van der Waals surface area contributed by atoms with Gasteiger partial charge < -0.3 is 15.4 Å². The van der Waals surface area contributed by atoms with E-state index in [4.69, 9.17) is 23.2 Å². The Morgan fingerprint density at radius 3 is 2.31 bits per heavy atom. The number of hydrogen-bond donors (Lipinski definition) is 2. The number of alkyl halides is 6. The summed E-state index contributed by atoms with van der Waals surface area (Å²) in [6, 6.07) is 7.05. The fraction of sp³-hybridized carbons (Fsp3) is 0.238. The van der Waals surface area contributed by atoms with Gasteiger partial charge in [-0.05, 0) is 42.0 Å². The zero-order valence-corrected chi connectivity index (χ0v) is 18.7. The Balaban J connectivity index is 1.56. The van der Waals surface area contributed by atoms with Gasteiger partial charge >= 0.3 is 12.5 Å². The second-order valence-corrected chi connectivity index (χ2v) is 8.36. The maximum atomic E-state index is 13.8. The predicted molar refractivity (Wildman–Crippen MR) is 116 cm³/mol. The molecule has 0 aliphatic carbocycles. The quantitative estimate of drug-likeness (QED) is 0.351. The number of nitrogens with one attached hydrogen (secondary N) is 2. The molecule has 0 saturated heterocycles. The largest absolute Gasteiger partial charge is 0.573 e. The van der Waals surface area contributed by atoms with Gasteiger partial charge in [-0.2, -0.15) is 18.3 Å². The average Bonchev–Trinajstić information content (AvgIpc) is 3.19. The van der Waals surface area contributed by atoms with Gasteiger partial charge in [0.2, 0.25) is 0 Å². The lowest BCUT2D eigenvalue weighted by atomic mass is 9.97. The summed E-state index contributed by atoms with van der Waals surface area (Å²) in [6.07, 6.45) is -9.96. The first kappa shape index (κ1) is 25.0. The van der Waals surface area contributed by atoms with Crippen LogP contribution in [0.5, 0.6) is 5.75 Å². The predicted octanol–water partition coefficient (Wildman–Crippen LogP) is 7.00. The van der Waals surface area contributed by atoms with Crippen LogP contribution in [0.25, 0.3) is 0 Å². The summed E-state index contributed by atoms with van der Waals surface area (Å²) in [5.74, 6) is -1.41. The van der Waals surface area contributed by atoms with E-state index in [-0.39, 0.29) is 27.2 Å². The van der Waals surface area contributed by atoms with E-state index in [0.717, 1.165) is 30.3 Å². The SMILES string of the molecule is O=C(Nc1ccc(OC(F)(F)F)cc1)c1cc2n(n1)[C@H](C(F)(F)F)C[C@@H](c1ccc(Cl)c(Cl)c1)N2. The average molecular weight is 539 g/mol. The number of ether oxygens (including phenoxy) is 1. The van der Waals surface area contributed by atoms with Crippen LogP contribution in [0.1, 0.15) is 34.6 Å². The Morgan fingerprint density at radius 1 is 1.03 bits per heavy atom. The van der Waals surface area contributed by atoms with E-state index in [9.17, 15) is 31.1 Å². The Kier molecular flexibility index (Phi) is 6.54. The second-order valence-electron chi connectivity index (χ2n) is 7.55. The number of aromatic nitrogens is 2. The minimum Gasteiger partial charge on any atom is -0.406 e. The first-order valence-electron chi connectivity index (χ1n) is 9.85. The minimum absolute atomic E-state index is 0.0475. The molecule has 0 saturated carbocycles. The number of rotatable bonds is 4. The number of nitrogens with zero attached hydrogens (tertiary/aromatic N) is 2. The van der Waals surface area contributed by atoms with E-state index in [1.165, 1.54) is 12.1 Å². The molecular weight excluding hydrogens is 525 g/mol. The Labute approximate surface area is 203 Å². The van der Waals surface area contributed by atoms with Gasteiger partial charge in [-0.1, -0.05) is 29.3 Å². The van der Waals surface area contributed by atoms with Gasteiger partial charge in [0.05, 0.1) is 16.1 Å². The highest BCUT2D eigenvalue weighted by molar-refractivity contribution is 6.42. The highest BCUT2D eigenvalue weighted by Crippen LogP contribution is 2.44. The summed E-state index contributed by atoms with van der Waals surface area (Å²) < 4.78 is 82.8. The van der Waals surface area contributed by atoms with E-state index in [0.29, 0.717) is 10.2 Å². The second kappa shape index (κ2) is 9.15. The van der Waals surface area contributed by atoms with Crippen molar-refractivity contribution in [1.29, 1.82) is 0 Å². The van der Waals surface area contributed by atoms with Crippen LogP contribution >= 0.6 is 23.2 Å². The molecule has 0 unspecified atom stereocenters. The van der Waals surface area contributed by atoms with E-state index in [1.54, 1.807) is 6.07 Å². The highest BCUT2D eigenvalue weighted by Gasteiger charge is 2.47. The van der Waals surface area contributed by atoms with Crippen molar-refractivity contribution in [2.45, 2.75) is 31.0 Å². The van der Waals surface area contributed by atoms with Crippen LogP contribution in [0.2, 0.25) is 10.0 Å². The molecule has 35 heavy (non-hydrogen) atoms. The zero-order chi connectivity index (χ0) is 25.5. The fourth-order valence-corrected chi connectivity index (χ4v) is 3.87. The summed E-state index contributed by atoms with van der Waals surface area (Å²) in [7, 11) is 0. The van der Waals surface area contributed by atoms with Gasteiger partial charge in [0.1, 0.15) is 11.6 Å². The summed E-state index contributed by atoms with van der Waals surface area (Å²) in [4.78, 5) is 12.6. The summed E-state index contributed by atoms with van der Waals surface area (Å²) in [5, 5.41) is 9.55. The van der Waals surface area contributed by atoms with Crippen LogP contribution in [0.15, 0.2) is 48.5 Å². The molecule has 1 amide bonds. The van der Waals surface area contributed by atoms with Crippen molar-refractivity contribution >= 4 is 40.6 Å². The van der Waals surface area contributed by atoms with Gasteiger partial charge in [-0.15, -0.1) is 13.2 Å². The van der Waals surface area contributed by atoms with Crippen LogP contribution in [0.3, 0.4) is 0 Å². The monoisotopic (exact) mass is 538 g/mol. The molecule has 2 atom stereocenters. The Morgan fingerprint density at radius 2 is 1.71 bits per heavy atom. The number of halogens is 8. The number of carbonyl (C=O) groups excluding carboxylic acids is 1. The zero-order valence-electron chi connectivity index (χ0n) is 17.2. The summed E-state index contributed by atoms with van der Waals surface area (Å²) >= 11 is 11.9. The first-order valence-corrected chi connectivity index (χ1v) is 10.6. The van der Waals surface area contributed by atoms with Gasteiger partial charge in [0.25, 0.3) is 5.91 Å². The first-order chi connectivity index (χ1) is 16.3. The molecule has 1 aliphatic heterocycles. The molecule has 186 valence electrons. The van der Waals surface area contributed by atoms with Crippen molar-refractivity contribution in [3.63, 3.8) is 0 Å². The normalized spacial score (nSPS) is 17.9. The molecule has 1 aromatic heterocycles. The lowest BCUT2D eigenvalue weighted by molar-refractivity contribution is -0.274. The van der Waals surface area contributed by atoms with Crippen molar-refractivity contribution < 1.29 is 35.9 Å². The summed E-state index contributed by atoms with van der Waals surface area (Å²) in [6.45, 7) is 0. The van der Waals surface area contributed by atoms with E-state index < -0.39 is 42.7 Å². The van der Waals surface area contributed by atoms with E-state index in [1.807, 2.05) is 0 Å². The maximum Gasteiger partial charge on any atom is 0.573 e. The third-order valence-corrected chi connectivity index (χ3v) is 5.85. The molecule has 2 aromatic carbocycles. The molecule has 3 aromatic rings. The fourth-order valence-electron chi connectivity index (χ4n) is 3.57. The van der Waals surface area contributed by atoms with Gasteiger partial charge in [-0.3, -0.25) is 4.79 Å². The Bertz CT molecular complexity index is 1240. The molecule has 2 N–H and O–H groups in total. The highest BCUT2D eigenvalue weighted by atomic mass is 35.5. The molecule has 4 rings (SSSR count). The Hall–Kier alpha value is -3.12. The number of anilines is 2. The maximum absolute atomic E-state index is 13.8.